The molecule has 3 nitrogen and oxygen atoms in total. The average Bonchev–Trinajstić information content (AvgIpc) is 3.08. The second kappa shape index (κ2) is 7.65. The molecule has 1 saturated carbocycles. The summed E-state index contributed by atoms with van der Waals surface area (Å²) in [4.78, 5) is 12.9. The Labute approximate surface area is 119 Å². The SMILES string of the molecule is CCNC(=O)CCNC(c1cccs1)C1CCCC1. The minimum atomic E-state index is 0.145. The lowest BCUT2D eigenvalue weighted by Gasteiger charge is -2.23. The van der Waals surface area contributed by atoms with Crippen LogP contribution in [0.5, 0.6) is 0 Å². The van der Waals surface area contributed by atoms with Gasteiger partial charge < -0.3 is 10.6 Å². The monoisotopic (exact) mass is 280 g/mol. The van der Waals surface area contributed by atoms with Gasteiger partial charge >= 0.3 is 0 Å². The number of hydrogen-bond donors (Lipinski definition) is 2. The highest BCUT2D eigenvalue weighted by Crippen LogP contribution is 2.37. The molecule has 1 aliphatic carbocycles. The molecule has 1 aromatic heterocycles. The van der Waals surface area contributed by atoms with Gasteiger partial charge in [0.05, 0.1) is 0 Å². The van der Waals surface area contributed by atoms with Crippen LogP contribution in [0.2, 0.25) is 0 Å². The molecule has 4 heteroatoms. The molecule has 1 aromatic rings. The van der Waals surface area contributed by atoms with Gasteiger partial charge in [0.25, 0.3) is 0 Å². The quantitative estimate of drug-likeness (QED) is 0.806. The summed E-state index contributed by atoms with van der Waals surface area (Å²) in [6.45, 7) is 3.44. The molecule has 1 aliphatic rings. The van der Waals surface area contributed by atoms with Crippen LogP contribution in [0.4, 0.5) is 0 Å². The Morgan fingerprint density at radius 1 is 1.47 bits per heavy atom. The summed E-state index contributed by atoms with van der Waals surface area (Å²) in [6, 6.07) is 4.78. The maximum atomic E-state index is 11.5. The molecule has 1 unspecified atom stereocenters. The first-order valence-corrected chi connectivity index (χ1v) is 8.22. The van der Waals surface area contributed by atoms with Gasteiger partial charge in [0.1, 0.15) is 0 Å². The van der Waals surface area contributed by atoms with Crippen molar-refractivity contribution in [3.8, 4) is 0 Å². The van der Waals surface area contributed by atoms with E-state index in [1.807, 2.05) is 18.3 Å². The normalized spacial score (nSPS) is 17.5. The number of hydrogen-bond acceptors (Lipinski definition) is 3. The lowest BCUT2D eigenvalue weighted by Crippen LogP contribution is -2.31. The van der Waals surface area contributed by atoms with Gasteiger partial charge in [0.2, 0.25) is 5.91 Å². The number of carbonyl (C=O) groups is 1. The zero-order chi connectivity index (χ0) is 13.5. The molecule has 0 aromatic carbocycles. The fourth-order valence-electron chi connectivity index (χ4n) is 2.89. The minimum absolute atomic E-state index is 0.145. The van der Waals surface area contributed by atoms with E-state index in [0.717, 1.165) is 19.0 Å². The van der Waals surface area contributed by atoms with Crippen LogP contribution in [0.3, 0.4) is 0 Å². The highest BCUT2D eigenvalue weighted by molar-refractivity contribution is 7.10. The van der Waals surface area contributed by atoms with Crippen LogP contribution in [0.25, 0.3) is 0 Å². The molecule has 0 saturated heterocycles. The lowest BCUT2D eigenvalue weighted by atomic mass is 9.96. The van der Waals surface area contributed by atoms with E-state index in [1.54, 1.807) is 0 Å². The van der Waals surface area contributed by atoms with Crippen molar-refractivity contribution < 1.29 is 4.79 Å². The third-order valence-corrected chi connectivity index (χ3v) is 4.77. The zero-order valence-corrected chi connectivity index (χ0v) is 12.5. The van der Waals surface area contributed by atoms with Crippen molar-refractivity contribution >= 4 is 17.2 Å². The summed E-state index contributed by atoms with van der Waals surface area (Å²) < 4.78 is 0. The Balaban J connectivity index is 1.86. The molecule has 1 atom stereocenters. The number of nitrogens with one attached hydrogen (secondary N) is 2. The molecule has 2 rings (SSSR count). The van der Waals surface area contributed by atoms with Crippen molar-refractivity contribution in [3.63, 3.8) is 0 Å². The molecular weight excluding hydrogens is 256 g/mol. The Morgan fingerprint density at radius 3 is 2.89 bits per heavy atom. The van der Waals surface area contributed by atoms with Crippen LogP contribution in [0.15, 0.2) is 17.5 Å². The predicted octanol–water partition coefficient (Wildman–Crippen LogP) is 3.10. The Bertz CT molecular complexity index is 372. The van der Waals surface area contributed by atoms with Gasteiger partial charge in [-0.15, -0.1) is 11.3 Å². The number of thiophene rings is 1. The zero-order valence-electron chi connectivity index (χ0n) is 11.7. The second-order valence-corrected chi connectivity index (χ2v) is 6.17. The summed E-state index contributed by atoms with van der Waals surface area (Å²) in [7, 11) is 0. The van der Waals surface area contributed by atoms with Crippen LogP contribution in [0.1, 0.15) is 49.9 Å². The van der Waals surface area contributed by atoms with Crippen LogP contribution < -0.4 is 10.6 Å². The third kappa shape index (κ3) is 4.32. The van der Waals surface area contributed by atoms with Crippen molar-refractivity contribution in [1.29, 1.82) is 0 Å². The van der Waals surface area contributed by atoms with Crippen molar-refractivity contribution in [2.45, 2.75) is 45.1 Å². The third-order valence-electron chi connectivity index (χ3n) is 3.81. The molecule has 0 aliphatic heterocycles. The van der Waals surface area contributed by atoms with Crippen molar-refractivity contribution in [1.82, 2.24) is 10.6 Å². The summed E-state index contributed by atoms with van der Waals surface area (Å²) in [6.07, 6.45) is 5.91. The van der Waals surface area contributed by atoms with Gasteiger partial charge in [-0.25, -0.2) is 0 Å². The summed E-state index contributed by atoms with van der Waals surface area (Å²) in [5.74, 6) is 0.888. The fraction of sp³-hybridized carbons (Fsp3) is 0.667. The topological polar surface area (TPSA) is 41.1 Å². The molecule has 2 N–H and O–H groups in total. The second-order valence-electron chi connectivity index (χ2n) is 5.20. The van der Waals surface area contributed by atoms with E-state index < -0.39 is 0 Å². The summed E-state index contributed by atoms with van der Waals surface area (Å²) in [5.41, 5.74) is 0. The fourth-order valence-corrected chi connectivity index (χ4v) is 3.78. The van der Waals surface area contributed by atoms with Crippen molar-refractivity contribution in [3.05, 3.63) is 22.4 Å². The van der Waals surface area contributed by atoms with Gasteiger partial charge in [0, 0.05) is 30.4 Å². The van der Waals surface area contributed by atoms with Crippen LogP contribution in [-0.4, -0.2) is 19.0 Å². The van der Waals surface area contributed by atoms with Gasteiger partial charge in [-0.2, -0.15) is 0 Å². The van der Waals surface area contributed by atoms with E-state index in [2.05, 4.69) is 28.1 Å². The molecule has 1 heterocycles. The molecule has 19 heavy (non-hydrogen) atoms. The Kier molecular flexibility index (Phi) is 5.86. The van der Waals surface area contributed by atoms with Gasteiger partial charge in [0.15, 0.2) is 0 Å². The number of rotatable bonds is 7. The standard InChI is InChI=1S/C15H24N2OS/c1-2-16-14(18)9-10-17-15(12-6-3-4-7-12)13-8-5-11-19-13/h5,8,11-12,15,17H,2-4,6-7,9-10H2,1H3,(H,16,18). The first kappa shape index (κ1) is 14.5. The highest BCUT2D eigenvalue weighted by atomic mass is 32.1. The van der Waals surface area contributed by atoms with Crippen LogP contribution in [-0.2, 0) is 4.79 Å². The van der Waals surface area contributed by atoms with E-state index >= 15 is 0 Å². The minimum Gasteiger partial charge on any atom is -0.356 e. The first-order chi connectivity index (χ1) is 9.31. The number of carbonyl (C=O) groups excluding carboxylic acids is 1. The molecule has 0 radical (unpaired) electrons. The van der Waals surface area contributed by atoms with Gasteiger partial charge in [-0.3, -0.25) is 4.79 Å². The van der Waals surface area contributed by atoms with E-state index in [9.17, 15) is 4.79 Å². The maximum absolute atomic E-state index is 11.5. The smallest absolute Gasteiger partial charge is 0.221 e. The van der Waals surface area contributed by atoms with Gasteiger partial charge in [-0.05, 0) is 37.1 Å². The molecule has 106 valence electrons. The summed E-state index contributed by atoms with van der Waals surface area (Å²) >= 11 is 1.82. The van der Waals surface area contributed by atoms with Crippen LogP contribution >= 0.6 is 11.3 Å². The Hall–Kier alpha value is -0.870. The van der Waals surface area contributed by atoms with E-state index in [1.165, 1.54) is 30.6 Å². The van der Waals surface area contributed by atoms with E-state index in [0.29, 0.717) is 12.5 Å². The predicted molar refractivity (Wildman–Crippen MR) is 80.3 cm³/mol. The average molecular weight is 280 g/mol. The Morgan fingerprint density at radius 2 is 2.26 bits per heavy atom. The highest BCUT2D eigenvalue weighted by Gasteiger charge is 2.26. The largest absolute Gasteiger partial charge is 0.356 e. The summed E-state index contributed by atoms with van der Waals surface area (Å²) in [5, 5.41) is 8.59. The molecule has 0 bridgehead atoms. The van der Waals surface area contributed by atoms with Gasteiger partial charge in [-0.1, -0.05) is 18.9 Å². The maximum Gasteiger partial charge on any atom is 0.221 e. The molecular formula is C15H24N2OS. The van der Waals surface area contributed by atoms with Crippen molar-refractivity contribution in [2.24, 2.45) is 5.92 Å². The number of amides is 1. The molecule has 0 spiro atoms. The lowest BCUT2D eigenvalue weighted by molar-refractivity contribution is -0.120. The van der Waals surface area contributed by atoms with Crippen molar-refractivity contribution in [2.75, 3.05) is 13.1 Å². The first-order valence-electron chi connectivity index (χ1n) is 7.34. The van der Waals surface area contributed by atoms with E-state index in [4.69, 9.17) is 0 Å². The molecule has 1 fully saturated rings. The molecule has 1 amide bonds. The van der Waals surface area contributed by atoms with Crippen LogP contribution in [0, 0.1) is 5.92 Å². The van der Waals surface area contributed by atoms with E-state index in [-0.39, 0.29) is 5.91 Å².